The van der Waals surface area contributed by atoms with E-state index in [1.54, 1.807) is 17.2 Å². The van der Waals surface area contributed by atoms with E-state index in [0.29, 0.717) is 18.8 Å². The number of nitrogens with one attached hydrogen (secondary N) is 1. The Bertz CT molecular complexity index is 719. The smallest absolute Gasteiger partial charge is 0.226 e. The third-order valence-corrected chi connectivity index (χ3v) is 4.60. The molecule has 6 heteroatoms. The van der Waals surface area contributed by atoms with Gasteiger partial charge in [0, 0.05) is 44.4 Å². The molecule has 3 rings (SSSR count). The van der Waals surface area contributed by atoms with Crippen LogP contribution >= 0.6 is 0 Å². The zero-order valence-corrected chi connectivity index (χ0v) is 15.1. The first-order valence-electron chi connectivity index (χ1n) is 9.04. The number of nitrogens with zero attached hydrogens (tertiary/aromatic N) is 2. The van der Waals surface area contributed by atoms with Crippen molar-refractivity contribution in [3.63, 3.8) is 0 Å². The summed E-state index contributed by atoms with van der Waals surface area (Å²) >= 11 is 0. The lowest BCUT2D eigenvalue weighted by Gasteiger charge is -2.20. The van der Waals surface area contributed by atoms with Gasteiger partial charge in [-0.15, -0.1) is 0 Å². The van der Waals surface area contributed by atoms with Crippen molar-refractivity contribution >= 4 is 23.2 Å². The van der Waals surface area contributed by atoms with Crippen LogP contribution in [0.1, 0.15) is 31.9 Å². The van der Waals surface area contributed by atoms with Crippen molar-refractivity contribution in [2.75, 3.05) is 29.9 Å². The van der Waals surface area contributed by atoms with E-state index in [9.17, 15) is 9.59 Å². The average Bonchev–Trinajstić information content (AvgIpc) is 3.33. The number of hydrogen-bond donors (Lipinski definition) is 1. The van der Waals surface area contributed by atoms with Crippen LogP contribution in [0.5, 0.6) is 0 Å². The van der Waals surface area contributed by atoms with E-state index in [0.717, 1.165) is 18.8 Å². The summed E-state index contributed by atoms with van der Waals surface area (Å²) in [4.78, 5) is 27.9. The quantitative estimate of drug-likeness (QED) is 0.828. The molecular formula is C20H25N3O3. The maximum Gasteiger partial charge on any atom is 0.226 e. The van der Waals surface area contributed by atoms with Crippen LogP contribution in [0.15, 0.2) is 47.1 Å². The molecule has 138 valence electrons. The Hall–Kier alpha value is -2.76. The first-order chi connectivity index (χ1) is 12.6. The molecule has 1 aliphatic rings. The summed E-state index contributed by atoms with van der Waals surface area (Å²) in [5.74, 6) is 0.520. The Kier molecular flexibility index (Phi) is 5.94. The maximum atomic E-state index is 12.2. The normalized spacial score (nSPS) is 13.7. The first kappa shape index (κ1) is 18.0. The summed E-state index contributed by atoms with van der Waals surface area (Å²) < 4.78 is 5.27. The van der Waals surface area contributed by atoms with Crippen molar-refractivity contribution in [1.29, 1.82) is 0 Å². The summed E-state index contributed by atoms with van der Waals surface area (Å²) in [6, 6.07) is 11.5. The summed E-state index contributed by atoms with van der Waals surface area (Å²) in [6.07, 6.45) is 4.30. The van der Waals surface area contributed by atoms with Gasteiger partial charge in [-0.3, -0.25) is 9.59 Å². The Morgan fingerprint density at radius 3 is 2.50 bits per heavy atom. The number of hydrogen-bond acceptors (Lipinski definition) is 4. The molecule has 0 bridgehead atoms. The third kappa shape index (κ3) is 4.88. The molecule has 0 atom stereocenters. The number of carbonyl (C=O) groups excluding carboxylic acids is 2. The van der Waals surface area contributed by atoms with Crippen LogP contribution in [-0.4, -0.2) is 36.3 Å². The minimum atomic E-state index is -0.107. The van der Waals surface area contributed by atoms with E-state index in [4.69, 9.17) is 4.42 Å². The minimum absolute atomic E-state index is 0.0795. The second-order valence-electron chi connectivity index (χ2n) is 6.56. The van der Waals surface area contributed by atoms with Crippen LogP contribution in [0.4, 0.5) is 11.4 Å². The van der Waals surface area contributed by atoms with Crippen LogP contribution < -0.4 is 10.2 Å². The highest BCUT2D eigenvalue weighted by Gasteiger charge is 2.14. The molecule has 1 fully saturated rings. The Balaban J connectivity index is 1.48. The second kappa shape index (κ2) is 8.56. The van der Waals surface area contributed by atoms with Gasteiger partial charge in [0.15, 0.2) is 0 Å². The average molecular weight is 355 g/mol. The predicted molar refractivity (Wildman–Crippen MR) is 101 cm³/mol. The van der Waals surface area contributed by atoms with E-state index in [1.807, 2.05) is 30.3 Å². The topological polar surface area (TPSA) is 65.8 Å². The molecule has 0 aliphatic carbocycles. The van der Waals surface area contributed by atoms with Gasteiger partial charge in [0.1, 0.15) is 5.76 Å². The van der Waals surface area contributed by atoms with Crippen molar-refractivity contribution in [1.82, 2.24) is 4.90 Å². The van der Waals surface area contributed by atoms with Gasteiger partial charge in [-0.1, -0.05) is 0 Å². The van der Waals surface area contributed by atoms with E-state index in [1.165, 1.54) is 25.5 Å². The molecule has 1 aromatic carbocycles. The van der Waals surface area contributed by atoms with E-state index < -0.39 is 0 Å². The molecule has 0 unspecified atom stereocenters. The molecule has 1 aromatic heterocycles. The van der Waals surface area contributed by atoms with E-state index in [-0.39, 0.29) is 18.2 Å². The number of carbonyl (C=O) groups is 2. The van der Waals surface area contributed by atoms with Gasteiger partial charge >= 0.3 is 0 Å². The molecule has 2 aromatic rings. The molecule has 0 radical (unpaired) electrons. The molecular weight excluding hydrogens is 330 g/mol. The van der Waals surface area contributed by atoms with E-state index in [2.05, 4.69) is 10.2 Å². The highest BCUT2D eigenvalue weighted by molar-refractivity contribution is 5.91. The highest BCUT2D eigenvalue weighted by atomic mass is 16.3. The highest BCUT2D eigenvalue weighted by Crippen LogP contribution is 2.22. The SMILES string of the molecule is CC(=O)N(CCC(=O)Nc1ccc(N2CCCC2)cc1)Cc1ccco1. The molecule has 1 saturated heterocycles. The van der Waals surface area contributed by atoms with Crippen LogP contribution in [0, 0.1) is 0 Å². The van der Waals surface area contributed by atoms with Crippen molar-refractivity contribution in [2.24, 2.45) is 0 Å². The number of furan rings is 1. The minimum Gasteiger partial charge on any atom is -0.467 e. The van der Waals surface area contributed by atoms with Crippen LogP contribution in [0.3, 0.4) is 0 Å². The molecule has 2 amide bonds. The summed E-state index contributed by atoms with van der Waals surface area (Å²) in [6.45, 7) is 4.43. The molecule has 26 heavy (non-hydrogen) atoms. The zero-order chi connectivity index (χ0) is 18.4. The fourth-order valence-electron chi connectivity index (χ4n) is 3.13. The van der Waals surface area contributed by atoms with Gasteiger partial charge in [-0.2, -0.15) is 0 Å². The van der Waals surface area contributed by atoms with Crippen molar-refractivity contribution < 1.29 is 14.0 Å². The van der Waals surface area contributed by atoms with Gasteiger partial charge in [0.05, 0.1) is 12.8 Å². The summed E-state index contributed by atoms with van der Waals surface area (Å²) in [5, 5.41) is 2.89. The first-order valence-corrected chi connectivity index (χ1v) is 9.04. The Labute approximate surface area is 153 Å². The summed E-state index contributed by atoms with van der Waals surface area (Å²) in [5.41, 5.74) is 1.97. The maximum absolute atomic E-state index is 12.2. The number of benzene rings is 1. The Morgan fingerprint density at radius 1 is 1.15 bits per heavy atom. The van der Waals surface area contributed by atoms with Crippen LogP contribution in [0.2, 0.25) is 0 Å². The summed E-state index contributed by atoms with van der Waals surface area (Å²) in [7, 11) is 0. The van der Waals surface area contributed by atoms with Crippen molar-refractivity contribution in [3.05, 3.63) is 48.4 Å². The zero-order valence-electron chi connectivity index (χ0n) is 15.1. The fourth-order valence-corrected chi connectivity index (χ4v) is 3.13. The standard InChI is InChI=1S/C20H25N3O3/c1-16(24)23(15-19-5-4-14-26-19)13-10-20(25)21-17-6-8-18(9-7-17)22-11-2-3-12-22/h4-9,14H,2-3,10-13,15H2,1H3,(H,21,25). The Morgan fingerprint density at radius 2 is 1.88 bits per heavy atom. The van der Waals surface area contributed by atoms with E-state index >= 15 is 0 Å². The lowest BCUT2D eigenvalue weighted by Crippen LogP contribution is -2.31. The molecule has 1 N–H and O–H groups in total. The van der Waals surface area contributed by atoms with Gasteiger partial charge in [-0.25, -0.2) is 0 Å². The molecule has 6 nitrogen and oxygen atoms in total. The monoisotopic (exact) mass is 355 g/mol. The van der Waals surface area contributed by atoms with Gasteiger partial charge < -0.3 is 19.5 Å². The van der Waals surface area contributed by atoms with Crippen LogP contribution in [0.25, 0.3) is 0 Å². The fraction of sp³-hybridized carbons (Fsp3) is 0.400. The molecule has 0 saturated carbocycles. The largest absolute Gasteiger partial charge is 0.467 e. The van der Waals surface area contributed by atoms with Gasteiger partial charge in [0.25, 0.3) is 0 Å². The molecule has 2 heterocycles. The molecule has 1 aliphatic heterocycles. The lowest BCUT2D eigenvalue weighted by atomic mass is 10.2. The predicted octanol–water partition coefficient (Wildman–Crippen LogP) is 3.26. The van der Waals surface area contributed by atoms with Crippen LogP contribution in [-0.2, 0) is 16.1 Å². The van der Waals surface area contributed by atoms with Crippen molar-refractivity contribution in [3.8, 4) is 0 Å². The third-order valence-electron chi connectivity index (χ3n) is 4.60. The second-order valence-corrected chi connectivity index (χ2v) is 6.56. The van der Waals surface area contributed by atoms with Crippen molar-refractivity contribution in [2.45, 2.75) is 32.7 Å². The van der Waals surface area contributed by atoms with Gasteiger partial charge in [-0.05, 0) is 49.2 Å². The van der Waals surface area contributed by atoms with Gasteiger partial charge in [0.2, 0.25) is 11.8 Å². The number of amides is 2. The number of rotatable bonds is 7. The molecule has 0 spiro atoms. The lowest BCUT2D eigenvalue weighted by molar-refractivity contribution is -0.130. The number of anilines is 2.